The molecule has 3 rings (SSSR count). The number of nitrogens with zero attached hydrogens (tertiary/aromatic N) is 3. The Morgan fingerprint density at radius 1 is 1.23 bits per heavy atom. The first-order valence-electron chi connectivity index (χ1n) is 9.57. The second-order valence-corrected chi connectivity index (χ2v) is 7.25. The van der Waals surface area contributed by atoms with Crippen molar-refractivity contribution in [3.8, 4) is 11.8 Å². The summed E-state index contributed by atoms with van der Waals surface area (Å²) >= 11 is 0. The third kappa shape index (κ3) is 4.67. The van der Waals surface area contributed by atoms with Crippen molar-refractivity contribution >= 4 is 6.03 Å². The number of ether oxygens (including phenoxy) is 1. The monoisotopic (exact) mass is 356 g/mol. The van der Waals surface area contributed by atoms with E-state index in [0.717, 1.165) is 57.9 Å². The van der Waals surface area contributed by atoms with Gasteiger partial charge in [-0.15, -0.1) is 0 Å². The van der Waals surface area contributed by atoms with E-state index in [1.54, 1.807) is 12.1 Å². The molecular formula is C20H28N4O2. The number of fused-ring (bicyclic) bond motifs is 1. The molecule has 2 fully saturated rings. The van der Waals surface area contributed by atoms with Gasteiger partial charge < -0.3 is 15.0 Å². The molecule has 0 bridgehead atoms. The number of urea groups is 1. The average Bonchev–Trinajstić information content (AvgIpc) is 3.21. The molecule has 2 heterocycles. The standard InChI is InChI=1S/C20H28N4O2/c1-2-3-8-22-20(25)24-14-17-12-23(13-18(17)15-24)9-10-26-19-6-4-16(11-21)5-7-19/h4-7,17-18H,2-3,8-10,12-15H2,1H3,(H,22,25). The van der Waals surface area contributed by atoms with Crippen LogP contribution in [0.5, 0.6) is 5.75 Å². The van der Waals surface area contributed by atoms with E-state index in [1.807, 2.05) is 17.0 Å². The summed E-state index contributed by atoms with van der Waals surface area (Å²) < 4.78 is 5.78. The molecule has 1 aromatic carbocycles. The Hall–Kier alpha value is -2.26. The molecule has 2 atom stereocenters. The Balaban J connectivity index is 1.35. The largest absolute Gasteiger partial charge is 0.492 e. The lowest BCUT2D eigenvalue weighted by molar-refractivity contribution is 0.193. The predicted molar refractivity (Wildman–Crippen MR) is 100.0 cm³/mol. The fourth-order valence-electron chi connectivity index (χ4n) is 3.84. The molecular weight excluding hydrogens is 328 g/mol. The van der Waals surface area contributed by atoms with E-state index < -0.39 is 0 Å². The van der Waals surface area contributed by atoms with Crippen molar-refractivity contribution in [2.24, 2.45) is 11.8 Å². The van der Waals surface area contributed by atoms with Gasteiger partial charge in [-0.05, 0) is 42.5 Å². The molecule has 0 aliphatic carbocycles. The van der Waals surface area contributed by atoms with Crippen LogP contribution >= 0.6 is 0 Å². The number of amides is 2. The van der Waals surface area contributed by atoms with Gasteiger partial charge in [0.1, 0.15) is 12.4 Å². The first-order chi connectivity index (χ1) is 12.7. The highest BCUT2D eigenvalue weighted by Gasteiger charge is 2.41. The lowest BCUT2D eigenvalue weighted by Gasteiger charge is -2.22. The van der Waals surface area contributed by atoms with Crippen LogP contribution in [0, 0.1) is 23.2 Å². The van der Waals surface area contributed by atoms with Crippen molar-refractivity contribution in [3.05, 3.63) is 29.8 Å². The van der Waals surface area contributed by atoms with E-state index in [-0.39, 0.29) is 6.03 Å². The van der Waals surface area contributed by atoms with E-state index in [0.29, 0.717) is 24.0 Å². The first-order valence-corrected chi connectivity index (χ1v) is 9.57. The van der Waals surface area contributed by atoms with Gasteiger partial charge in [-0.1, -0.05) is 13.3 Å². The van der Waals surface area contributed by atoms with Crippen molar-refractivity contribution in [3.63, 3.8) is 0 Å². The summed E-state index contributed by atoms with van der Waals surface area (Å²) in [7, 11) is 0. The molecule has 2 amide bonds. The molecule has 6 nitrogen and oxygen atoms in total. The number of carbonyl (C=O) groups is 1. The van der Waals surface area contributed by atoms with Gasteiger partial charge in [0.05, 0.1) is 11.6 Å². The van der Waals surface area contributed by atoms with Gasteiger partial charge in [0.15, 0.2) is 0 Å². The van der Waals surface area contributed by atoms with Crippen LogP contribution in [-0.4, -0.2) is 61.7 Å². The molecule has 2 aliphatic heterocycles. The summed E-state index contributed by atoms with van der Waals surface area (Å²) in [6.07, 6.45) is 2.14. The Kier molecular flexibility index (Phi) is 6.35. The van der Waals surface area contributed by atoms with Crippen LogP contribution < -0.4 is 10.1 Å². The van der Waals surface area contributed by atoms with Gasteiger partial charge >= 0.3 is 6.03 Å². The molecule has 2 unspecified atom stereocenters. The van der Waals surface area contributed by atoms with Crippen LogP contribution in [0.25, 0.3) is 0 Å². The summed E-state index contributed by atoms with van der Waals surface area (Å²) in [5.41, 5.74) is 0.646. The number of hydrogen-bond donors (Lipinski definition) is 1. The number of hydrogen-bond acceptors (Lipinski definition) is 4. The van der Waals surface area contributed by atoms with Crippen LogP contribution in [0.1, 0.15) is 25.3 Å². The number of nitriles is 1. The van der Waals surface area contributed by atoms with E-state index >= 15 is 0 Å². The highest BCUT2D eigenvalue weighted by Crippen LogP contribution is 2.30. The number of likely N-dealkylation sites (tertiary alicyclic amines) is 2. The smallest absolute Gasteiger partial charge is 0.317 e. The van der Waals surface area contributed by atoms with Crippen LogP contribution in [0.4, 0.5) is 4.79 Å². The molecule has 0 spiro atoms. The van der Waals surface area contributed by atoms with Crippen LogP contribution in [0.15, 0.2) is 24.3 Å². The number of carbonyl (C=O) groups excluding carboxylic acids is 1. The number of rotatable bonds is 7. The third-order valence-corrected chi connectivity index (χ3v) is 5.32. The molecule has 6 heteroatoms. The van der Waals surface area contributed by atoms with Gasteiger partial charge in [0, 0.05) is 39.3 Å². The van der Waals surface area contributed by atoms with Crippen molar-refractivity contribution in [1.82, 2.24) is 15.1 Å². The first kappa shape index (κ1) is 18.5. The van der Waals surface area contributed by atoms with Crippen molar-refractivity contribution < 1.29 is 9.53 Å². The van der Waals surface area contributed by atoms with Gasteiger partial charge in [0.2, 0.25) is 0 Å². The molecule has 0 aromatic heterocycles. The molecule has 26 heavy (non-hydrogen) atoms. The summed E-state index contributed by atoms with van der Waals surface area (Å²) in [5.74, 6) is 1.97. The maximum atomic E-state index is 12.2. The summed E-state index contributed by atoms with van der Waals surface area (Å²) in [4.78, 5) is 16.6. The molecule has 2 aliphatic rings. The third-order valence-electron chi connectivity index (χ3n) is 5.32. The van der Waals surface area contributed by atoms with Gasteiger partial charge in [0.25, 0.3) is 0 Å². The second kappa shape index (κ2) is 8.91. The Morgan fingerprint density at radius 3 is 2.54 bits per heavy atom. The van der Waals surface area contributed by atoms with Gasteiger partial charge in [-0.3, -0.25) is 4.90 Å². The Bertz CT molecular complexity index is 626. The van der Waals surface area contributed by atoms with Crippen molar-refractivity contribution in [2.45, 2.75) is 19.8 Å². The Labute approximate surface area is 155 Å². The van der Waals surface area contributed by atoms with E-state index in [4.69, 9.17) is 10.00 Å². The second-order valence-electron chi connectivity index (χ2n) is 7.25. The van der Waals surface area contributed by atoms with Crippen molar-refractivity contribution in [2.75, 3.05) is 45.9 Å². The minimum atomic E-state index is 0.101. The lowest BCUT2D eigenvalue weighted by Crippen LogP contribution is -2.41. The van der Waals surface area contributed by atoms with Gasteiger partial charge in [-0.2, -0.15) is 5.26 Å². The zero-order chi connectivity index (χ0) is 18.4. The number of unbranched alkanes of at least 4 members (excludes halogenated alkanes) is 1. The number of benzene rings is 1. The predicted octanol–water partition coefficient (Wildman–Crippen LogP) is 2.31. The van der Waals surface area contributed by atoms with Crippen LogP contribution in [0.3, 0.4) is 0 Å². The van der Waals surface area contributed by atoms with Gasteiger partial charge in [-0.25, -0.2) is 4.79 Å². The fraction of sp³-hybridized carbons (Fsp3) is 0.600. The van der Waals surface area contributed by atoms with Crippen LogP contribution in [-0.2, 0) is 0 Å². The molecule has 0 radical (unpaired) electrons. The SMILES string of the molecule is CCCCNC(=O)N1CC2CN(CCOc3ccc(C#N)cc3)CC2C1. The molecule has 1 N–H and O–H groups in total. The van der Waals surface area contributed by atoms with Crippen LogP contribution in [0.2, 0.25) is 0 Å². The Morgan fingerprint density at radius 2 is 1.92 bits per heavy atom. The van der Waals surface area contributed by atoms with E-state index in [2.05, 4.69) is 23.2 Å². The zero-order valence-corrected chi connectivity index (χ0v) is 15.5. The quantitative estimate of drug-likeness (QED) is 0.761. The van der Waals surface area contributed by atoms with E-state index in [9.17, 15) is 4.79 Å². The zero-order valence-electron chi connectivity index (χ0n) is 15.5. The number of nitrogens with one attached hydrogen (secondary N) is 1. The normalized spacial score (nSPS) is 22.1. The molecule has 0 saturated carbocycles. The molecule has 2 saturated heterocycles. The summed E-state index contributed by atoms with van der Waals surface area (Å²) in [6.45, 7) is 8.28. The lowest BCUT2D eigenvalue weighted by atomic mass is 10.0. The summed E-state index contributed by atoms with van der Waals surface area (Å²) in [6, 6.07) is 9.43. The average molecular weight is 356 g/mol. The maximum absolute atomic E-state index is 12.2. The molecule has 140 valence electrons. The van der Waals surface area contributed by atoms with E-state index in [1.165, 1.54) is 0 Å². The molecule has 1 aromatic rings. The highest BCUT2D eigenvalue weighted by atomic mass is 16.5. The fourth-order valence-corrected chi connectivity index (χ4v) is 3.84. The topological polar surface area (TPSA) is 68.6 Å². The van der Waals surface area contributed by atoms with Crippen molar-refractivity contribution in [1.29, 1.82) is 5.26 Å². The minimum absolute atomic E-state index is 0.101. The maximum Gasteiger partial charge on any atom is 0.317 e. The summed E-state index contributed by atoms with van der Waals surface area (Å²) in [5, 5.41) is 11.8. The highest BCUT2D eigenvalue weighted by molar-refractivity contribution is 5.74. The minimum Gasteiger partial charge on any atom is -0.492 e.